The maximum absolute atomic E-state index is 14.9. The van der Waals surface area contributed by atoms with E-state index in [2.05, 4.69) is 20.3 Å². The summed E-state index contributed by atoms with van der Waals surface area (Å²) in [5.41, 5.74) is 1.46. The fraction of sp³-hybridized carbons (Fsp3) is 0.333. The molecule has 0 atom stereocenters. The fourth-order valence-electron chi connectivity index (χ4n) is 3.35. The zero-order valence-corrected chi connectivity index (χ0v) is 17.7. The molecule has 162 valence electrons. The zero-order chi connectivity index (χ0) is 21.8. The molecule has 0 amide bonds. The first kappa shape index (κ1) is 21.1. The number of methoxy groups -OCH3 is 1. The molecule has 0 bridgehead atoms. The summed E-state index contributed by atoms with van der Waals surface area (Å²) in [4.78, 5) is 27.1. The Bertz CT molecular complexity index is 1050. The monoisotopic (exact) mass is 443 g/mol. The van der Waals surface area contributed by atoms with Crippen LogP contribution in [0.15, 0.2) is 36.7 Å². The minimum absolute atomic E-state index is 0.226. The Hall–Kier alpha value is -3.11. The van der Waals surface area contributed by atoms with Gasteiger partial charge in [-0.3, -0.25) is 4.98 Å². The molecule has 4 rings (SSSR count). The van der Waals surface area contributed by atoms with Gasteiger partial charge in [-0.15, -0.1) is 11.3 Å². The average Bonchev–Trinajstić information content (AvgIpc) is 3.22. The number of hydrogen-bond acceptors (Lipinski definition) is 9. The molecule has 2 N–H and O–H groups in total. The van der Waals surface area contributed by atoms with Gasteiger partial charge in [-0.25, -0.2) is 14.8 Å². The molecule has 1 aliphatic rings. The predicted molar refractivity (Wildman–Crippen MR) is 116 cm³/mol. The third-order valence-corrected chi connectivity index (χ3v) is 6.15. The molecular formula is C21H22FN5O3S. The van der Waals surface area contributed by atoms with Crippen molar-refractivity contribution < 1.29 is 19.0 Å². The summed E-state index contributed by atoms with van der Waals surface area (Å²) in [6.45, 7) is 1.51. The SMILES string of the molecule is COC(=O)c1sc(-c2ccc(N3CCC(O)CC3)nc2F)nc1CNc1cccnc1. The lowest BCUT2D eigenvalue weighted by molar-refractivity contribution is 0.0605. The van der Waals surface area contributed by atoms with Gasteiger partial charge in [0.1, 0.15) is 15.7 Å². The van der Waals surface area contributed by atoms with E-state index in [0.29, 0.717) is 47.3 Å². The molecule has 0 unspecified atom stereocenters. The van der Waals surface area contributed by atoms with E-state index >= 15 is 0 Å². The van der Waals surface area contributed by atoms with Gasteiger partial charge in [-0.1, -0.05) is 0 Å². The van der Waals surface area contributed by atoms with Crippen LogP contribution in [0.5, 0.6) is 0 Å². The number of nitrogens with one attached hydrogen (secondary N) is 1. The number of aliphatic hydroxyl groups is 1. The van der Waals surface area contributed by atoms with Gasteiger partial charge in [-0.05, 0) is 37.1 Å². The van der Waals surface area contributed by atoms with Crippen molar-refractivity contribution in [1.82, 2.24) is 15.0 Å². The first-order valence-corrected chi connectivity index (χ1v) is 10.7. The number of hydrogen-bond donors (Lipinski definition) is 2. The molecule has 3 aromatic rings. The van der Waals surface area contributed by atoms with E-state index in [0.717, 1.165) is 17.0 Å². The maximum atomic E-state index is 14.9. The van der Waals surface area contributed by atoms with E-state index in [1.165, 1.54) is 7.11 Å². The molecule has 31 heavy (non-hydrogen) atoms. The number of nitrogens with zero attached hydrogens (tertiary/aromatic N) is 4. The molecule has 0 aliphatic carbocycles. The summed E-state index contributed by atoms with van der Waals surface area (Å²) in [5.74, 6) is -0.652. The highest BCUT2D eigenvalue weighted by molar-refractivity contribution is 7.17. The molecule has 0 radical (unpaired) electrons. The molecule has 10 heteroatoms. The molecular weight excluding hydrogens is 421 g/mol. The number of carbonyl (C=O) groups excluding carboxylic acids is 1. The summed E-state index contributed by atoms with van der Waals surface area (Å²) in [7, 11) is 1.30. The lowest BCUT2D eigenvalue weighted by Gasteiger charge is -2.30. The number of rotatable bonds is 6. The number of halogens is 1. The Labute approximate surface area is 182 Å². The van der Waals surface area contributed by atoms with Gasteiger partial charge in [-0.2, -0.15) is 4.39 Å². The van der Waals surface area contributed by atoms with Crippen LogP contribution in [0.25, 0.3) is 10.6 Å². The van der Waals surface area contributed by atoms with E-state index in [-0.39, 0.29) is 18.2 Å². The number of thiazole rings is 1. The largest absolute Gasteiger partial charge is 0.465 e. The number of pyridine rings is 2. The molecule has 1 fully saturated rings. The van der Waals surface area contributed by atoms with Crippen LogP contribution in [0.4, 0.5) is 15.9 Å². The zero-order valence-electron chi connectivity index (χ0n) is 16.9. The smallest absolute Gasteiger partial charge is 0.350 e. The van der Waals surface area contributed by atoms with Crippen LogP contribution in [-0.2, 0) is 11.3 Å². The number of anilines is 2. The third kappa shape index (κ3) is 4.80. The van der Waals surface area contributed by atoms with Gasteiger partial charge in [0.25, 0.3) is 0 Å². The quantitative estimate of drug-likeness (QED) is 0.443. The lowest BCUT2D eigenvalue weighted by atomic mass is 10.1. The van der Waals surface area contributed by atoms with Crippen LogP contribution in [-0.4, -0.2) is 52.3 Å². The lowest BCUT2D eigenvalue weighted by Crippen LogP contribution is -2.36. The number of piperidine rings is 1. The van der Waals surface area contributed by atoms with Crippen molar-refractivity contribution in [2.45, 2.75) is 25.5 Å². The molecule has 0 spiro atoms. The topological polar surface area (TPSA) is 100 Å². The van der Waals surface area contributed by atoms with Crippen molar-refractivity contribution in [2.75, 3.05) is 30.4 Å². The molecule has 8 nitrogen and oxygen atoms in total. The van der Waals surface area contributed by atoms with Crippen LogP contribution in [0.2, 0.25) is 0 Å². The molecule has 4 heterocycles. The fourth-order valence-corrected chi connectivity index (χ4v) is 4.36. The molecule has 1 aliphatic heterocycles. The molecule has 0 saturated carbocycles. The average molecular weight is 444 g/mol. The highest BCUT2D eigenvalue weighted by Gasteiger charge is 2.23. The van der Waals surface area contributed by atoms with Crippen molar-refractivity contribution in [2.24, 2.45) is 0 Å². The highest BCUT2D eigenvalue weighted by Crippen LogP contribution is 2.32. The Morgan fingerprint density at radius 1 is 1.32 bits per heavy atom. The van der Waals surface area contributed by atoms with Crippen molar-refractivity contribution in [1.29, 1.82) is 0 Å². The number of carbonyl (C=O) groups is 1. The van der Waals surface area contributed by atoms with Crippen LogP contribution in [0, 0.1) is 5.95 Å². The van der Waals surface area contributed by atoms with Gasteiger partial charge < -0.3 is 20.1 Å². The number of esters is 1. The normalized spacial score (nSPS) is 14.5. The van der Waals surface area contributed by atoms with Crippen LogP contribution < -0.4 is 10.2 Å². The maximum Gasteiger partial charge on any atom is 0.350 e. The van der Waals surface area contributed by atoms with Crippen molar-refractivity contribution in [3.63, 3.8) is 0 Å². The van der Waals surface area contributed by atoms with Gasteiger partial charge >= 0.3 is 5.97 Å². The van der Waals surface area contributed by atoms with Gasteiger partial charge in [0.2, 0.25) is 5.95 Å². The van der Waals surface area contributed by atoms with Crippen molar-refractivity contribution in [3.05, 3.63) is 53.2 Å². The van der Waals surface area contributed by atoms with Crippen LogP contribution >= 0.6 is 11.3 Å². The van der Waals surface area contributed by atoms with Gasteiger partial charge in [0, 0.05) is 25.5 Å². The first-order valence-electron chi connectivity index (χ1n) is 9.87. The minimum atomic E-state index is -0.652. The minimum Gasteiger partial charge on any atom is -0.465 e. The second kappa shape index (κ2) is 9.36. The van der Waals surface area contributed by atoms with Crippen molar-refractivity contribution in [3.8, 4) is 10.6 Å². The first-order chi connectivity index (χ1) is 15.0. The molecule has 3 aromatic heterocycles. The molecule has 1 saturated heterocycles. The summed E-state index contributed by atoms with van der Waals surface area (Å²) < 4.78 is 19.8. The summed E-state index contributed by atoms with van der Waals surface area (Å²) in [6.07, 6.45) is 4.27. The summed E-state index contributed by atoms with van der Waals surface area (Å²) >= 11 is 1.07. The van der Waals surface area contributed by atoms with Crippen molar-refractivity contribution >= 4 is 28.8 Å². The Kier molecular flexibility index (Phi) is 6.38. The second-order valence-corrected chi connectivity index (χ2v) is 8.11. The van der Waals surface area contributed by atoms with E-state index in [1.807, 2.05) is 11.0 Å². The van der Waals surface area contributed by atoms with E-state index in [4.69, 9.17) is 4.74 Å². The number of ether oxygens (including phenoxy) is 1. The Morgan fingerprint density at radius 3 is 2.81 bits per heavy atom. The summed E-state index contributed by atoms with van der Waals surface area (Å²) in [5, 5.41) is 13.2. The summed E-state index contributed by atoms with van der Waals surface area (Å²) in [6, 6.07) is 7.01. The van der Waals surface area contributed by atoms with E-state index < -0.39 is 11.9 Å². The highest BCUT2D eigenvalue weighted by atomic mass is 32.1. The Balaban J connectivity index is 1.58. The van der Waals surface area contributed by atoms with Crippen LogP contribution in [0.3, 0.4) is 0 Å². The second-order valence-electron chi connectivity index (χ2n) is 7.11. The number of aromatic nitrogens is 3. The predicted octanol–water partition coefficient (Wildman–Crippen LogP) is 3.10. The van der Waals surface area contributed by atoms with E-state index in [9.17, 15) is 14.3 Å². The molecule has 0 aromatic carbocycles. The van der Waals surface area contributed by atoms with Gasteiger partial charge in [0.15, 0.2) is 0 Å². The standard InChI is InChI=1S/C21H22FN5O3S/c1-30-21(29)18-16(12-24-13-3-2-8-23-11-13)25-20(31-18)15-4-5-17(26-19(15)22)27-9-6-14(28)7-10-27/h2-5,8,11,14,24,28H,6-7,9-10,12H2,1H3. The van der Waals surface area contributed by atoms with Crippen LogP contribution in [0.1, 0.15) is 28.2 Å². The third-order valence-electron chi connectivity index (χ3n) is 5.04. The Morgan fingerprint density at radius 2 is 2.13 bits per heavy atom. The van der Waals surface area contributed by atoms with E-state index in [1.54, 1.807) is 30.6 Å². The number of aliphatic hydroxyl groups excluding tert-OH is 1. The van der Waals surface area contributed by atoms with Gasteiger partial charge in [0.05, 0.1) is 36.7 Å².